The maximum Gasteiger partial charge on any atom is 0.164 e. The molecule has 0 saturated heterocycles. The second-order valence-electron chi connectivity index (χ2n) is 4.78. The van der Waals surface area contributed by atoms with E-state index in [9.17, 15) is 4.79 Å². The molecule has 0 atom stereocenters. The molecular formula is C14H18O3. The minimum Gasteiger partial charge on any atom is -0.493 e. The zero-order valence-electron chi connectivity index (χ0n) is 10.5. The van der Waals surface area contributed by atoms with Gasteiger partial charge in [-0.1, -0.05) is 12.1 Å². The maximum absolute atomic E-state index is 11.2. The molecule has 92 valence electrons. The van der Waals surface area contributed by atoms with Gasteiger partial charge in [0.05, 0.1) is 18.6 Å². The summed E-state index contributed by atoms with van der Waals surface area (Å²) in [6, 6.07) is 5.75. The third kappa shape index (κ3) is 2.14. The van der Waals surface area contributed by atoms with E-state index in [0.717, 1.165) is 24.7 Å². The van der Waals surface area contributed by atoms with Crippen LogP contribution in [0.3, 0.4) is 0 Å². The van der Waals surface area contributed by atoms with E-state index in [1.165, 1.54) is 0 Å². The molecule has 1 aromatic carbocycles. The number of benzene rings is 1. The minimum absolute atomic E-state index is 0.0885. The van der Waals surface area contributed by atoms with Gasteiger partial charge in [0.2, 0.25) is 0 Å². The minimum atomic E-state index is -0.332. The molecule has 1 saturated carbocycles. The van der Waals surface area contributed by atoms with Crippen molar-refractivity contribution in [3.63, 3.8) is 0 Å². The molecule has 0 bridgehead atoms. The number of rotatable bonds is 5. The van der Waals surface area contributed by atoms with Crippen molar-refractivity contribution in [2.45, 2.75) is 38.2 Å². The van der Waals surface area contributed by atoms with Crippen LogP contribution in [0.4, 0.5) is 0 Å². The molecule has 0 aromatic heterocycles. The lowest BCUT2D eigenvalue weighted by molar-refractivity contribution is -0.109. The molecule has 0 unspecified atom stereocenters. The van der Waals surface area contributed by atoms with Gasteiger partial charge < -0.3 is 14.3 Å². The highest BCUT2D eigenvalue weighted by Crippen LogP contribution is 2.51. The van der Waals surface area contributed by atoms with Crippen LogP contribution in [0.5, 0.6) is 11.5 Å². The van der Waals surface area contributed by atoms with Crippen molar-refractivity contribution in [2.24, 2.45) is 0 Å². The molecule has 1 fully saturated rings. The van der Waals surface area contributed by atoms with E-state index in [-0.39, 0.29) is 11.5 Å². The van der Waals surface area contributed by atoms with Crippen LogP contribution in [0, 0.1) is 0 Å². The Morgan fingerprint density at radius 1 is 1.35 bits per heavy atom. The van der Waals surface area contributed by atoms with Crippen LogP contribution >= 0.6 is 0 Å². The summed E-state index contributed by atoms with van der Waals surface area (Å²) in [6.45, 7) is 3.94. The van der Waals surface area contributed by atoms with E-state index in [1.807, 2.05) is 32.0 Å². The van der Waals surface area contributed by atoms with Gasteiger partial charge in [0, 0.05) is 5.56 Å². The second kappa shape index (κ2) is 4.40. The highest BCUT2D eigenvalue weighted by Gasteiger charge is 2.46. The van der Waals surface area contributed by atoms with E-state index >= 15 is 0 Å². The summed E-state index contributed by atoms with van der Waals surface area (Å²) in [5.74, 6) is 1.42. The van der Waals surface area contributed by atoms with Gasteiger partial charge in [-0.05, 0) is 32.8 Å². The summed E-state index contributed by atoms with van der Waals surface area (Å²) in [5.41, 5.74) is 0.620. The maximum atomic E-state index is 11.2. The van der Waals surface area contributed by atoms with E-state index in [4.69, 9.17) is 9.47 Å². The predicted octanol–water partition coefficient (Wildman–Crippen LogP) is 2.71. The Balaban J connectivity index is 2.42. The van der Waals surface area contributed by atoms with Crippen LogP contribution < -0.4 is 9.47 Å². The standard InChI is InChI=1S/C14H18O3/c1-10(2)17-12-6-4-5-11(13(12)16-3)14(9-15)7-8-14/h4-6,9-10H,7-8H2,1-3H3. The Hall–Kier alpha value is -1.51. The fourth-order valence-corrected chi connectivity index (χ4v) is 2.05. The summed E-state index contributed by atoms with van der Waals surface area (Å²) in [4.78, 5) is 11.2. The lowest BCUT2D eigenvalue weighted by Crippen LogP contribution is -2.12. The molecule has 0 spiro atoms. The van der Waals surface area contributed by atoms with Gasteiger partial charge in [0.15, 0.2) is 11.5 Å². The molecule has 3 heteroatoms. The summed E-state index contributed by atoms with van der Waals surface area (Å²) < 4.78 is 11.1. The average molecular weight is 234 g/mol. The number of para-hydroxylation sites is 1. The van der Waals surface area contributed by atoms with E-state index in [0.29, 0.717) is 11.5 Å². The molecule has 0 radical (unpaired) electrons. The van der Waals surface area contributed by atoms with Gasteiger partial charge in [0.25, 0.3) is 0 Å². The summed E-state index contributed by atoms with van der Waals surface area (Å²) in [5, 5.41) is 0. The topological polar surface area (TPSA) is 35.5 Å². The molecular weight excluding hydrogens is 216 g/mol. The first-order valence-corrected chi connectivity index (χ1v) is 5.93. The summed E-state index contributed by atoms with van der Waals surface area (Å²) >= 11 is 0. The fraction of sp³-hybridized carbons (Fsp3) is 0.500. The number of ether oxygens (including phenoxy) is 2. The Morgan fingerprint density at radius 2 is 2.06 bits per heavy atom. The van der Waals surface area contributed by atoms with Crippen molar-refractivity contribution in [1.82, 2.24) is 0 Å². The number of hydrogen-bond acceptors (Lipinski definition) is 3. The number of methoxy groups -OCH3 is 1. The summed E-state index contributed by atoms with van der Waals surface area (Å²) in [6.07, 6.45) is 2.92. The molecule has 1 aliphatic rings. The lowest BCUT2D eigenvalue weighted by Gasteiger charge is -2.18. The molecule has 2 rings (SSSR count). The monoisotopic (exact) mass is 234 g/mol. The van der Waals surface area contributed by atoms with Crippen LogP contribution in [0.25, 0.3) is 0 Å². The molecule has 3 nitrogen and oxygen atoms in total. The molecule has 17 heavy (non-hydrogen) atoms. The van der Waals surface area contributed by atoms with Crippen molar-refractivity contribution in [2.75, 3.05) is 7.11 Å². The molecule has 0 amide bonds. The highest BCUT2D eigenvalue weighted by atomic mass is 16.5. The first-order chi connectivity index (χ1) is 8.13. The van der Waals surface area contributed by atoms with Gasteiger partial charge in [-0.15, -0.1) is 0 Å². The summed E-state index contributed by atoms with van der Waals surface area (Å²) in [7, 11) is 1.62. The first-order valence-electron chi connectivity index (χ1n) is 5.93. The largest absolute Gasteiger partial charge is 0.493 e. The highest BCUT2D eigenvalue weighted by molar-refractivity contribution is 5.76. The second-order valence-corrected chi connectivity index (χ2v) is 4.78. The first kappa shape index (κ1) is 12.0. The van der Waals surface area contributed by atoms with Gasteiger partial charge in [0.1, 0.15) is 6.29 Å². The van der Waals surface area contributed by atoms with Crippen molar-refractivity contribution in [1.29, 1.82) is 0 Å². The number of carbonyl (C=O) groups excluding carboxylic acids is 1. The molecule has 0 N–H and O–H groups in total. The zero-order valence-corrected chi connectivity index (χ0v) is 10.5. The van der Waals surface area contributed by atoms with Crippen molar-refractivity contribution < 1.29 is 14.3 Å². The normalized spacial score (nSPS) is 16.7. The zero-order chi connectivity index (χ0) is 12.5. The molecule has 0 heterocycles. The van der Waals surface area contributed by atoms with E-state index in [2.05, 4.69) is 0 Å². The van der Waals surface area contributed by atoms with Gasteiger partial charge in [-0.2, -0.15) is 0 Å². The van der Waals surface area contributed by atoms with E-state index in [1.54, 1.807) is 7.11 Å². The lowest BCUT2D eigenvalue weighted by atomic mass is 9.96. The van der Waals surface area contributed by atoms with Crippen LogP contribution in [0.1, 0.15) is 32.3 Å². The number of hydrogen-bond donors (Lipinski definition) is 0. The Kier molecular flexibility index (Phi) is 3.09. The van der Waals surface area contributed by atoms with Crippen LogP contribution in [-0.4, -0.2) is 19.5 Å². The number of aldehydes is 1. The average Bonchev–Trinajstić information content (AvgIpc) is 3.08. The predicted molar refractivity (Wildman–Crippen MR) is 65.7 cm³/mol. The fourth-order valence-electron chi connectivity index (χ4n) is 2.05. The SMILES string of the molecule is COc1c(OC(C)C)cccc1C1(C=O)CC1. The van der Waals surface area contributed by atoms with Crippen molar-refractivity contribution >= 4 is 6.29 Å². The van der Waals surface area contributed by atoms with Gasteiger partial charge in [-0.25, -0.2) is 0 Å². The van der Waals surface area contributed by atoms with Crippen molar-refractivity contribution in [3.8, 4) is 11.5 Å². The van der Waals surface area contributed by atoms with Gasteiger partial charge >= 0.3 is 0 Å². The smallest absolute Gasteiger partial charge is 0.164 e. The van der Waals surface area contributed by atoms with Crippen LogP contribution in [-0.2, 0) is 10.2 Å². The quantitative estimate of drug-likeness (QED) is 0.735. The Morgan fingerprint density at radius 3 is 2.53 bits per heavy atom. The molecule has 0 aliphatic heterocycles. The van der Waals surface area contributed by atoms with E-state index < -0.39 is 0 Å². The van der Waals surface area contributed by atoms with Crippen LogP contribution in [0.2, 0.25) is 0 Å². The Labute approximate surface area is 102 Å². The molecule has 1 aromatic rings. The van der Waals surface area contributed by atoms with Crippen LogP contribution in [0.15, 0.2) is 18.2 Å². The number of carbonyl (C=O) groups is 1. The third-order valence-electron chi connectivity index (χ3n) is 3.10. The van der Waals surface area contributed by atoms with Crippen molar-refractivity contribution in [3.05, 3.63) is 23.8 Å². The third-order valence-corrected chi connectivity index (χ3v) is 3.10. The molecule has 1 aliphatic carbocycles. The Bertz CT molecular complexity index is 419. The van der Waals surface area contributed by atoms with Gasteiger partial charge in [-0.3, -0.25) is 0 Å².